The smallest absolute Gasteiger partial charge is 0.243 e. The molecule has 3 rings (SSSR count). The van der Waals surface area contributed by atoms with Crippen molar-refractivity contribution >= 4 is 44.4 Å². The number of halogens is 1. The number of carbonyl (C=O) groups excluding carboxylic acids is 1. The minimum absolute atomic E-state index is 0.0436. The molecule has 0 bridgehead atoms. The Kier molecular flexibility index (Phi) is 5.49. The number of anilines is 1. The molecule has 0 aliphatic carbocycles. The van der Waals surface area contributed by atoms with Crippen molar-refractivity contribution in [2.75, 3.05) is 5.32 Å². The zero-order chi connectivity index (χ0) is 19.6. The molecule has 27 heavy (non-hydrogen) atoms. The van der Waals surface area contributed by atoms with E-state index in [1.165, 1.54) is 24.3 Å². The predicted octanol–water partition coefficient (Wildman–Crippen LogP) is 2.77. The van der Waals surface area contributed by atoms with E-state index in [-0.39, 0.29) is 22.0 Å². The van der Waals surface area contributed by atoms with Gasteiger partial charge < -0.3 is 5.32 Å². The molecule has 0 radical (unpaired) electrons. The van der Waals surface area contributed by atoms with Gasteiger partial charge >= 0.3 is 0 Å². The highest BCUT2D eigenvalue weighted by Crippen LogP contribution is 2.22. The number of nitrogens with zero attached hydrogens (tertiary/aromatic N) is 2. The van der Waals surface area contributed by atoms with E-state index in [1.54, 1.807) is 26.0 Å². The lowest BCUT2D eigenvalue weighted by Crippen LogP contribution is -2.47. The Morgan fingerprint density at radius 2 is 1.89 bits per heavy atom. The van der Waals surface area contributed by atoms with Crippen molar-refractivity contribution in [3.63, 3.8) is 0 Å². The van der Waals surface area contributed by atoms with Crippen LogP contribution in [0.2, 0.25) is 0 Å². The predicted molar refractivity (Wildman–Crippen MR) is 101 cm³/mol. The third-order valence-corrected chi connectivity index (χ3v) is 5.88. The first-order chi connectivity index (χ1) is 12.8. The lowest BCUT2D eigenvalue weighted by Gasteiger charge is -2.21. The monoisotopic (exact) mass is 408 g/mol. The van der Waals surface area contributed by atoms with Gasteiger partial charge in [-0.15, -0.1) is 0 Å². The lowest BCUT2D eigenvalue weighted by molar-refractivity contribution is -0.118. The summed E-state index contributed by atoms with van der Waals surface area (Å²) in [5.41, 5.74) is 0.965. The molecule has 0 saturated heterocycles. The molecule has 1 atom stereocenters. The summed E-state index contributed by atoms with van der Waals surface area (Å²) in [6.07, 6.45) is 0. The first-order valence-electron chi connectivity index (χ1n) is 8.08. The fourth-order valence-corrected chi connectivity index (χ4v) is 4.62. The second kappa shape index (κ2) is 7.67. The third kappa shape index (κ3) is 4.29. The van der Waals surface area contributed by atoms with Gasteiger partial charge in [-0.2, -0.15) is 13.5 Å². The Morgan fingerprint density at radius 3 is 2.59 bits per heavy atom. The van der Waals surface area contributed by atoms with Gasteiger partial charge in [-0.1, -0.05) is 26.0 Å². The number of carbonyl (C=O) groups is 1. The fraction of sp³-hybridized carbons (Fsp3) is 0.235. The van der Waals surface area contributed by atoms with Crippen LogP contribution in [0.15, 0.2) is 47.4 Å². The molecule has 142 valence electrons. The number of benzene rings is 2. The number of hydrogen-bond donors (Lipinski definition) is 2. The van der Waals surface area contributed by atoms with Gasteiger partial charge in [0, 0.05) is 5.69 Å². The van der Waals surface area contributed by atoms with Crippen molar-refractivity contribution in [3.8, 4) is 0 Å². The number of rotatable bonds is 6. The summed E-state index contributed by atoms with van der Waals surface area (Å²) in [6, 6.07) is 8.97. The van der Waals surface area contributed by atoms with E-state index < -0.39 is 27.8 Å². The SMILES string of the molecule is CC(C)C(NS(=O)(=O)c1cccc2nsnc12)C(=O)Nc1cccc(F)c1. The Bertz CT molecular complexity index is 1080. The second-order valence-electron chi connectivity index (χ2n) is 6.23. The van der Waals surface area contributed by atoms with Crippen LogP contribution < -0.4 is 10.0 Å². The van der Waals surface area contributed by atoms with E-state index in [4.69, 9.17) is 0 Å². The van der Waals surface area contributed by atoms with E-state index in [0.29, 0.717) is 5.52 Å². The van der Waals surface area contributed by atoms with E-state index >= 15 is 0 Å². The van der Waals surface area contributed by atoms with Crippen LogP contribution in [0.5, 0.6) is 0 Å². The molecule has 1 unspecified atom stereocenters. The van der Waals surface area contributed by atoms with Gasteiger partial charge in [0.25, 0.3) is 0 Å². The molecule has 0 aliphatic rings. The van der Waals surface area contributed by atoms with E-state index in [2.05, 4.69) is 18.8 Å². The molecule has 3 aromatic rings. The van der Waals surface area contributed by atoms with E-state index in [0.717, 1.165) is 17.8 Å². The maximum Gasteiger partial charge on any atom is 0.243 e. The molecular weight excluding hydrogens is 391 g/mol. The standard InChI is InChI=1S/C17H17FN4O3S2/c1-10(2)15(17(23)19-12-6-3-5-11(18)9-12)22-27(24,25)14-8-4-7-13-16(14)21-26-20-13/h3-10,15,22H,1-2H3,(H,19,23). The van der Waals surface area contributed by atoms with E-state index in [9.17, 15) is 17.6 Å². The summed E-state index contributed by atoms with van der Waals surface area (Å²) in [7, 11) is -4.03. The van der Waals surface area contributed by atoms with Crippen LogP contribution in [0.1, 0.15) is 13.8 Å². The lowest BCUT2D eigenvalue weighted by atomic mass is 10.0. The maximum atomic E-state index is 13.3. The van der Waals surface area contributed by atoms with Crippen molar-refractivity contribution in [1.29, 1.82) is 0 Å². The van der Waals surface area contributed by atoms with Crippen LogP contribution in [0, 0.1) is 11.7 Å². The van der Waals surface area contributed by atoms with Crippen LogP contribution in [-0.2, 0) is 14.8 Å². The van der Waals surface area contributed by atoms with Gasteiger partial charge in [-0.25, -0.2) is 12.8 Å². The van der Waals surface area contributed by atoms with Gasteiger partial charge in [0.05, 0.1) is 11.7 Å². The number of nitrogens with one attached hydrogen (secondary N) is 2. The molecule has 2 N–H and O–H groups in total. The molecule has 0 saturated carbocycles. The summed E-state index contributed by atoms with van der Waals surface area (Å²) >= 11 is 0.911. The van der Waals surface area contributed by atoms with Crippen LogP contribution in [0.25, 0.3) is 11.0 Å². The van der Waals surface area contributed by atoms with Crippen molar-refractivity contribution in [1.82, 2.24) is 13.5 Å². The molecule has 0 aliphatic heterocycles. The largest absolute Gasteiger partial charge is 0.325 e. The van der Waals surface area contributed by atoms with Crippen molar-refractivity contribution in [2.24, 2.45) is 5.92 Å². The highest BCUT2D eigenvalue weighted by molar-refractivity contribution is 7.89. The van der Waals surface area contributed by atoms with Crippen LogP contribution in [-0.4, -0.2) is 29.1 Å². The first kappa shape index (κ1) is 19.3. The second-order valence-corrected chi connectivity index (χ2v) is 8.44. The van der Waals surface area contributed by atoms with Crippen LogP contribution >= 0.6 is 11.7 Å². The Morgan fingerprint density at radius 1 is 1.15 bits per heavy atom. The number of sulfonamides is 1. The minimum Gasteiger partial charge on any atom is -0.325 e. The van der Waals surface area contributed by atoms with Crippen molar-refractivity contribution < 1.29 is 17.6 Å². The molecular formula is C17H17FN4O3S2. The van der Waals surface area contributed by atoms with Crippen molar-refractivity contribution in [2.45, 2.75) is 24.8 Å². The normalized spacial score (nSPS) is 13.0. The highest BCUT2D eigenvalue weighted by atomic mass is 32.2. The molecule has 1 heterocycles. The summed E-state index contributed by atoms with van der Waals surface area (Å²) < 4.78 is 49.5. The molecule has 2 aromatic carbocycles. The Hall–Kier alpha value is -2.43. The maximum absolute atomic E-state index is 13.3. The molecule has 10 heteroatoms. The number of fused-ring (bicyclic) bond motifs is 1. The Balaban J connectivity index is 1.87. The number of amides is 1. The highest BCUT2D eigenvalue weighted by Gasteiger charge is 2.30. The topological polar surface area (TPSA) is 101 Å². The minimum atomic E-state index is -4.03. The Labute approximate surface area is 160 Å². The summed E-state index contributed by atoms with van der Waals surface area (Å²) in [5, 5.41) is 2.54. The zero-order valence-corrected chi connectivity index (χ0v) is 16.1. The molecule has 7 nitrogen and oxygen atoms in total. The van der Waals surface area contributed by atoms with Crippen molar-refractivity contribution in [3.05, 3.63) is 48.3 Å². The third-order valence-electron chi connectivity index (χ3n) is 3.86. The van der Waals surface area contributed by atoms with Gasteiger partial charge in [-0.05, 0) is 36.2 Å². The molecule has 1 aromatic heterocycles. The molecule has 1 amide bonds. The van der Waals surface area contributed by atoms with Gasteiger partial charge in [0.1, 0.15) is 27.8 Å². The van der Waals surface area contributed by atoms with Crippen LogP contribution in [0.4, 0.5) is 10.1 Å². The number of hydrogen-bond acceptors (Lipinski definition) is 6. The van der Waals surface area contributed by atoms with Gasteiger partial charge in [-0.3, -0.25) is 4.79 Å². The van der Waals surface area contributed by atoms with Crippen LogP contribution in [0.3, 0.4) is 0 Å². The average molecular weight is 408 g/mol. The van der Waals surface area contributed by atoms with E-state index in [1.807, 2.05) is 0 Å². The van der Waals surface area contributed by atoms with Gasteiger partial charge in [0.2, 0.25) is 15.9 Å². The zero-order valence-electron chi connectivity index (χ0n) is 14.5. The summed E-state index contributed by atoms with van der Waals surface area (Å²) in [4.78, 5) is 12.6. The number of aromatic nitrogens is 2. The molecule has 0 fully saturated rings. The first-order valence-corrected chi connectivity index (χ1v) is 10.3. The molecule has 0 spiro atoms. The quantitative estimate of drug-likeness (QED) is 0.653. The van der Waals surface area contributed by atoms with Gasteiger partial charge in [0.15, 0.2) is 0 Å². The average Bonchev–Trinajstić information content (AvgIpc) is 3.08. The fourth-order valence-electron chi connectivity index (χ4n) is 2.51. The summed E-state index contributed by atoms with van der Waals surface area (Å²) in [5.74, 6) is -1.43. The summed E-state index contributed by atoms with van der Waals surface area (Å²) in [6.45, 7) is 3.42.